The second-order valence-corrected chi connectivity index (χ2v) is 8.95. The maximum atomic E-state index is 12.8. The van der Waals surface area contributed by atoms with Crippen molar-refractivity contribution in [2.24, 2.45) is 16.7 Å². The van der Waals surface area contributed by atoms with E-state index in [2.05, 4.69) is 5.32 Å². The molecule has 3 aliphatic rings. The lowest BCUT2D eigenvalue weighted by Gasteiger charge is -2.60. The molecule has 4 rings (SSSR count). The molecule has 1 spiro atoms. The van der Waals surface area contributed by atoms with E-state index in [0.717, 1.165) is 44.5 Å². The van der Waals surface area contributed by atoms with Crippen LogP contribution in [0.2, 0.25) is 5.02 Å². The molecular formula is C20H25ClN2O3. The molecule has 2 amide bonds. The lowest BCUT2D eigenvalue weighted by Crippen LogP contribution is -2.65. The summed E-state index contributed by atoms with van der Waals surface area (Å²) in [4.78, 5) is 26.5. The Bertz CT molecular complexity index is 713. The first-order chi connectivity index (χ1) is 12.3. The monoisotopic (exact) mass is 376 g/mol. The van der Waals surface area contributed by atoms with Gasteiger partial charge in [0.15, 0.2) is 0 Å². The lowest BCUT2D eigenvalue weighted by molar-refractivity contribution is -0.137. The summed E-state index contributed by atoms with van der Waals surface area (Å²) >= 11 is 5.90. The van der Waals surface area contributed by atoms with E-state index in [1.54, 1.807) is 17.0 Å². The van der Waals surface area contributed by atoms with Crippen molar-refractivity contribution in [3.63, 3.8) is 0 Å². The number of amides is 2. The number of hydrogen-bond acceptors (Lipinski definition) is 3. The highest BCUT2D eigenvalue weighted by atomic mass is 35.5. The Kier molecular flexibility index (Phi) is 4.18. The van der Waals surface area contributed by atoms with Crippen LogP contribution in [0.1, 0.15) is 39.5 Å². The van der Waals surface area contributed by atoms with Gasteiger partial charge in [-0.3, -0.25) is 4.79 Å². The highest BCUT2D eigenvalue weighted by molar-refractivity contribution is 6.30. The van der Waals surface area contributed by atoms with E-state index in [-0.39, 0.29) is 28.9 Å². The number of likely N-dealkylation sites (tertiary alicyclic amines) is 1. The third kappa shape index (κ3) is 3.07. The lowest BCUT2D eigenvalue weighted by atomic mass is 9.53. The van der Waals surface area contributed by atoms with Gasteiger partial charge in [-0.25, -0.2) is 4.79 Å². The fourth-order valence-corrected chi connectivity index (χ4v) is 4.67. The molecule has 1 saturated heterocycles. The number of ether oxygens (including phenoxy) is 1. The van der Waals surface area contributed by atoms with Crippen molar-refractivity contribution in [3.05, 3.63) is 29.3 Å². The summed E-state index contributed by atoms with van der Waals surface area (Å²) in [7, 11) is 0. The summed E-state index contributed by atoms with van der Waals surface area (Å²) in [5.41, 5.74) is 0.812. The zero-order chi connectivity index (χ0) is 18.5. The van der Waals surface area contributed by atoms with Gasteiger partial charge < -0.3 is 15.0 Å². The van der Waals surface area contributed by atoms with Crippen LogP contribution in [0.25, 0.3) is 0 Å². The average molecular weight is 377 g/mol. The first kappa shape index (κ1) is 17.7. The van der Waals surface area contributed by atoms with Gasteiger partial charge in [-0.1, -0.05) is 11.6 Å². The molecule has 0 unspecified atom stereocenters. The van der Waals surface area contributed by atoms with E-state index in [4.69, 9.17) is 16.3 Å². The van der Waals surface area contributed by atoms with Crippen LogP contribution in [0.15, 0.2) is 24.3 Å². The maximum absolute atomic E-state index is 12.8. The van der Waals surface area contributed by atoms with Crippen molar-refractivity contribution >= 4 is 29.3 Å². The molecule has 1 aliphatic heterocycles. The van der Waals surface area contributed by atoms with Crippen molar-refractivity contribution in [1.82, 2.24) is 4.90 Å². The Morgan fingerprint density at radius 3 is 2.35 bits per heavy atom. The van der Waals surface area contributed by atoms with Gasteiger partial charge in [0.05, 0.1) is 11.5 Å². The molecule has 0 aromatic heterocycles. The number of carbonyl (C=O) groups excluding carboxylic acids is 2. The Balaban J connectivity index is 1.29. The molecule has 0 radical (unpaired) electrons. The molecule has 1 N–H and O–H groups in total. The van der Waals surface area contributed by atoms with Crippen LogP contribution in [-0.4, -0.2) is 36.1 Å². The molecule has 6 heteroatoms. The molecule has 0 bridgehead atoms. The molecule has 1 aromatic carbocycles. The van der Waals surface area contributed by atoms with Gasteiger partial charge in [0.25, 0.3) is 0 Å². The van der Waals surface area contributed by atoms with Crippen LogP contribution < -0.4 is 5.32 Å². The Morgan fingerprint density at radius 2 is 1.81 bits per heavy atom. The summed E-state index contributed by atoms with van der Waals surface area (Å²) in [5.74, 6) is 0.563. The maximum Gasteiger partial charge on any atom is 0.410 e. The number of halogens is 1. The van der Waals surface area contributed by atoms with Crippen LogP contribution in [0.3, 0.4) is 0 Å². The van der Waals surface area contributed by atoms with Gasteiger partial charge in [-0.15, -0.1) is 0 Å². The normalized spacial score (nSPS) is 22.5. The minimum absolute atomic E-state index is 0.0838. The largest absolute Gasteiger partial charge is 0.447 e. The van der Waals surface area contributed by atoms with Gasteiger partial charge in [0, 0.05) is 29.2 Å². The highest BCUT2D eigenvalue weighted by Gasteiger charge is 2.65. The molecule has 140 valence electrons. The Hall–Kier alpha value is -1.75. The number of nitrogens with zero attached hydrogens (tertiary/aromatic N) is 1. The molecule has 5 nitrogen and oxygen atoms in total. The third-order valence-corrected chi connectivity index (χ3v) is 6.38. The average Bonchev–Trinajstić information content (AvgIpc) is 3.27. The predicted molar refractivity (Wildman–Crippen MR) is 100 cm³/mol. The number of nitrogens with one attached hydrogen (secondary N) is 1. The number of rotatable bonds is 4. The van der Waals surface area contributed by atoms with Crippen LogP contribution in [0, 0.1) is 16.7 Å². The quantitative estimate of drug-likeness (QED) is 0.851. The Morgan fingerprint density at radius 1 is 1.19 bits per heavy atom. The molecule has 3 fully saturated rings. The van der Waals surface area contributed by atoms with Crippen LogP contribution >= 0.6 is 11.6 Å². The molecule has 1 aromatic rings. The number of hydrogen-bond donors (Lipinski definition) is 1. The smallest absolute Gasteiger partial charge is 0.410 e. The van der Waals surface area contributed by atoms with Crippen molar-refractivity contribution in [3.8, 4) is 0 Å². The summed E-state index contributed by atoms with van der Waals surface area (Å²) in [6.07, 6.45) is 3.70. The van der Waals surface area contributed by atoms with Gasteiger partial charge >= 0.3 is 6.09 Å². The van der Waals surface area contributed by atoms with E-state index in [1.165, 1.54) is 0 Å². The number of anilines is 1. The molecule has 2 saturated carbocycles. The van der Waals surface area contributed by atoms with Crippen LogP contribution in [-0.2, 0) is 9.53 Å². The predicted octanol–water partition coefficient (Wildman–Crippen LogP) is 4.32. The molecular weight excluding hydrogens is 352 g/mol. The molecule has 26 heavy (non-hydrogen) atoms. The van der Waals surface area contributed by atoms with Gasteiger partial charge in [-0.05, 0) is 69.7 Å². The minimum Gasteiger partial charge on any atom is -0.447 e. The highest BCUT2D eigenvalue weighted by Crippen LogP contribution is 2.66. The van der Waals surface area contributed by atoms with E-state index < -0.39 is 0 Å². The molecule has 2 aliphatic carbocycles. The van der Waals surface area contributed by atoms with Gasteiger partial charge in [-0.2, -0.15) is 0 Å². The van der Waals surface area contributed by atoms with Crippen molar-refractivity contribution in [2.75, 3.05) is 18.4 Å². The third-order valence-electron chi connectivity index (χ3n) is 6.13. The van der Waals surface area contributed by atoms with Crippen molar-refractivity contribution in [2.45, 2.75) is 45.6 Å². The van der Waals surface area contributed by atoms with E-state index in [1.807, 2.05) is 26.0 Å². The van der Waals surface area contributed by atoms with E-state index in [9.17, 15) is 9.59 Å². The summed E-state index contributed by atoms with van der Waals surface area (Å²) in [5, 5.41) is 3.71. The SMILES string of the molecule is CC(C)OC(=O)N1CC2(CC(C3(C(=O)Nc4ccc(Cl)cc4)CC3)C2)C1. The second-order valence-electron chi connectivity index (χ2n) is 8.51. The Labute approximate surface area is 159 Å². The summed E-state index contributed by atoms with van der Waals surface area (Å²) in [6, 6.07) is 7.24. The second kappa shape index (κ2) is 6.15. The van der Waals surface area contributed by atoms with Crippen molar-refractivity contribution in [1.29, 1.82) is 0 Å². The number of benzene rings is 1. The van der Waals surface area contributed by atoms with Crippen molar-refractivity contribution < 1.29 is 14.3 Å². The first-order valence-electron chi connectivity index (χ1n) is 9.35. The standard InChI is InChI=1S/C20H25ClN2O3/c1-13(2)26-18(25)23-11-19(12-23)9-14(10-19)20(7-8-20)17(24)22-16-5-3-15(21)4-6-16/h3-6,13-14H,7-12H2,1-2H3,(H,22,24). The van der Waals surface area contributed by atoms with Crippen LogP contribution in [0.5, 0.6) is 0 Å². The van der Waals surface area contributed by atoms with E-state index >= 15 is 0 Å². The molecule has 0 atom stereocenters. The fourth-order valence-electron chi connectivity index (χ4n) is 4.55. The van der Waals surface area contributed by atoms with Crippen LogP contribution in [0.4, 0.5) is 10.5 Å². The van der Waals surface area contributed by atoms with E-state index in [0.29, 0.717) is 10.9 Å². The minimum atomic E-state index is -0.212. The van der Waals surface area contributed by atoms with Gasteiger partial charge in [0.2, 0.25) is 5.91 Å². The zero-order valence-corrected chi connectivity index (χ0v) is 16.0. The summed E-state index contributed by atoms with van der Waals surface area (Å²) in [6.45, 7) is 5.26. The van der Waals surface area contributed by atoms with Gasteiger partial charge in [0.1, 0.15) is 0 Å². The molecule has 1 heterocycles. The zero-order valence-electron chi connectivity index (χ0n) is 15.3. The number of carbonyl (C=O) groups is 2. The summed E-state index contributed by atoms with van der Waals surface area (Å²) < 4.78 is 5.25. The topological polar surface area (TPSA) is 58.6 Å². The first-order valence-corrected chi connectivity index (χ1v) is 9.72. The fraction of sp³-hybridized carbons (Fsp3) is 0.600.